The van der Waals surface area contributed by atoms with Crippen molar-refractivity contribution in [3.63, 3.8) is 0 Å². The Morgan fingerprint density at radius 2 is 1.55 bits per heavy atom. The van der Waals surface area contributed by atoms with E-state index in [0.29, 0.717) is 0 Å². The van der Waals surface area contributed by atoms with Crippen molar-refractivity contribution in [2.24, 2.45) is 17.8 Å². The molecular formula is C27H19Cl2F5N2O6. The number of likely N-dealkylation sites (tertiary alicyclic amines) is 1. The quantitative estimate of drug-likeness (QED) is 0.136. The lowest BCUT2D eigenvalue weighted by atomic mass is 9.57. The largest absolute Gasteiger partial charge is 0.463 e. The Hall–Kier alpha value is -3.29. The van der Waals surface area contributed by atoms with E-state index < -0.39 is 105 Å². The van der Waals surface area contributed by atoms with Crippen molar-refractivity contribution in [1.82, 2.24) is 4.90 Å². The predicted molar refractivity (Wildman–Crippen MR) is 133 cm³/mol. The molecule has 2 aromatic rings. The fraction of sp³-hybridized carbons (Fsp3) is 0.407. The highest BCUT2D eigenvalue weighted by molar-refractivity contribution is 6.58. The number of benzene rings is 1. The molecule has 42 heavy (non-hydrogen) atoms. The van der Waals surface area contributed by atoms with Crippen molar-refractivity contribution in [3.8, 4) is 0 Å². The van der Waals surface area contributed by atoms with Crippen molar-refractivity contribution in [2.45, 2.75) is 42.0 Å². The molecule has 0 spiro atoms. The van der Waals surface area contributed by atoms with Crippen molar-refractivity contribution in [1.29, 1.82) is 0 Å². The fourth-order valence-corrected chi connectivity index (χ4v) is 7.81. The lowest BCUT2D eigenvalue weighted by Crippen LogP contribution is -2.60. The van der Waals surface area contributed by atoms with Gasteiger partial charge >= 0.3 is 0 Å². The number of anilines is 1. The Balaban J connectivity index is 1.59. The summed E-state index contributed by atoms with van der Waals surface area (Å²) in [6.45, 7) is 1.06. The minimum atomic E-state index is -2.66. The van der Waals surface area contributed by atoms with Gasteiger partial charge in [0.05, 0.1) is 17.8 Å². The molecule has 8 nitrogen and oxygen atoms in total. The van der Waals surface area contributed by atoms with Gasteiger partial charge in [0.2, 0.25) is 17.6 Å². The zero-order valence-corrected chi connectivity index (χ0v) is 22.9. The average molecular weight is 633 g/mol. The van der Waals surface area contributed by atoms with E-state index in [-0.39, 0.29) is 35.0 Å². The van der Waals surface area contributed by atoms with E-state index in [1.807, 2.05) is 0 Å². The standard InChI is InChI=1S/C27H19Cl2F5N2O6/c1-2-35-22(38)11-5-4-10-12(14(11)23(35)39)7-26(28)24(40)36(21-19(33)17(31)16(30)18(32)20(21)34)25(41)27(26,29)15(10)13-6-3-9(8-37)42-13/h3-4,6,11-12,14-15,37H,2,5,7-8H2,1H3. The van der Waals surface area contributed by atoms with Gasteiger partial charge in [0, 0.05) is 6.54 Å². The maximum atomic E-state index is 14.9. The fourth-order valence-electron chi connectivity index (χ4n) is 6.89. The van der Waals surface area contributed by atoms with E-state index in [1.165, 1.54) is 12.1 Å². The van der Waals surface area contributed by atoms with Crippen molar-refractivity contribution >= 4 is 52.5 Å². The zero-order chi connectivity index (χ0) is 30.6. The highest BCUT2D eigenvalue weighted by Gasteiger charge is 2.77. The van der Waals surface area contributed by atoms with Gasteiger partial charge in [-0.15, -0.1) is 23.2 Å². The molecule has 6 atom stereocenters. The molecule has 3 heterocycles. The van der Waals surface area contributed by atoms with Gasteiger partial charge < -0.3 is 9.52 Å². The highest BCUT2D eigenvalue weighted by atomic mass is 35.5. The van der Waals surface area contributed by atoms with Crippen LogP contribution < -0.4 is 4.90 Å². The molecule has 0 bridgehead atoms. The first-order chi connectivity index (χ1) is 19.8. The van der Waals surface area contributed by atoms with Gasteiger partial charge in [-0.3, -0.25) is 24.1 Å². The predicted octanol–water partition coefficient (Wildman–Crippen LogP) is 4.05. The molecule has 15 heteroatoms. The number of carbonyl (C=O) groups is 4. The first-order valence-electron chi connectivity index (χ1n) is 12.8. The Bertz CT molecular complexity index is 1620. The molecule has 4 aliphatic rings. The number of carbonyl (C=O) groups excluding carboxylic acids is 4. The summed E-state index contributed by atoms with van der Waals surface area (Å²) < 4.78 is 77.8. The number of halogens is 7. The van der Waals surface area contributed by atoms with Gasteiger partial charge in [0.25, 0.3) is 11.8 Å². The summed E-state index contributed by atoms with van der Waals surface area (Å²) in [4.78, 5) is 49.9. The van der Waals surface area contributed by atoms with Crippen LogP contribution in [0.15, 0.2) is 28.2 Å². The lowest BCUT2D eigenvalue weighted by molar-refractivity contribution is -0.140. The van der Waals surface area contributed by atoms with E-state index in [0.717, 1.165) is 4.90 Å². The molecule has 1 N–H and O–H groups in total. The Morgan fingerprint density at radius 1 is 0.929 bits per heavy atom. The zero-order valence-electron chi connectivity index (χ0n) is 21.4. The van der Waals surface area contributed by atoms with E-state index >= 15 is 0 Å². The molecule has 4 amide bonds. The highest BCUT2D eigenvalue weighted by Crippen LogP contribution is 2.66. The topological polar surface area (TPSA) is 108 Å². The van der Waals surface area contributed by atoms with Crippen LogP contribution in [-0.4, -0.2) is 49.9 Å². The monoisotopic (exact) mass is 632 g/mol. The Kier molecular flexibility index (Phi) is 6.42. The molecule has 222 valence electrons. The summed E-state index contributed by atoms with van der Waals surface area (Å²) in [6.07, 6.45) is 0.997. The smallest absolute Gasteiger partial charge is 0.258 e. The van der Waals surface area contributed by atoms with E-state index in [9.17, 15) is 46.2 Å². The number of fused-ring (bicyclic) bond motifs is 4. The maximum absolute atomic E-state index is 14.9. The van der Waals surface area contributed by atoms with Crippen LogP contribution in [0.2, 0.25) is 0 Å². The van der Waals surface area contributed by atoms with Crippen LogP contribution in [0.25, 0.3) is 0 Å². The third-order valence-electron chi connectivity index (χ3n) is 8.75. The number of alkyl halides is 2. The van der Waals surface area contributed by atoms with Crippen molar-refractivity contribution in [3.05, 3.63) is 64.4 Å². The van der Waals surface area contributed by atoms with Crippen molar-refractivity contribution < 1.29 is 50.7 Å². The molecule has 6 rings (SSSR count). The second-order valence-electron chi connectivity index (χ2n) is 10.6. The molecule has 3 fully saturated rings. The summed E-state index contributed by atoms with van der Waals surface area (Å²) in [5.74, 6) is -21.0. The number of imide groups is 2. The number of hydrogen-bond donors (Lipinski definition) is 1. The van der Waals surface area contributed by atoms with Crippen molar-refractivity contribution in [2.75, 3.05) is 11.4 Å². The third kappa shape index (κ3) is 3.32. The minimum Gasteiger partial charge on any atom is -0.463 e. The van der Waals surface area contributed by atoms with Crippen LogP contribution in [0.4, 0.5) is 27.6 Å². The number of rotatable bonds is 4. The number of furan rings is 1. The lowest BCUT2D eigenvalue weighted by Gasteiger charge is -2.49. The number of allylic oxidation sites excluding steroid dienone is 2. The molecular weight excluding hydrogens is 614 g/mol. The van der Waals surface area contributed by atoms with Gasteiger partial charge in [-0.1, -0.05) is 11.6 Å². The van der Waals surface area contributed by atoms with Gasteiger partial charge in [-0.25, -0.2) is 26.9 Å². The van der Waals surface area contributed by atoms with Crippen LogP contribution in [0.3, 0.4) is 0 Å². The van der Waals surface area contributed by atoms with Crippen LogP contribution in [0.1, 0.15) is 37.2 Å². The second kappa shape index (κ2) is 9.35. The summed E-state index contributed by atoms with van der Waals surface area (Å²) in [6, 6.07) is 2.64. The summed E-state index contributed by atoms with van der Waals surface area (Å²) >= 11 is 13.9. The second-order valence-corrected chi connectivity index (χ2v) is 11.8. The van der Waals surface area contributed by atoms with Crippen LogP contribution >= 0.6 is 23.2 Å². The van der Waals surface area contributed by atoms with Gasteiger partial charge in [-0.05, 0) is 37.8 Å². The van der Waals surface area contributed by atoms with Crippen LogP contribution in [0.5, 0.6) is 0 Å². The van der Waals surface area contributed by atoms with E-state index in [4.69, 9.17) is 27.6 Å². The molecule has 1 saturated carbocycles. The van der Waals surface area contributed by atoms with Gasteiger partial charge in [-0.2, -0.15) is 0 Å². The number of aliphatic hydroxyl groups excluding tert-OH is 1. The van der Waals surface area contributed by atoms with Gasteiger partial charge in [0.15, 0.2) is 33.0 Å². The summed E-state index contributed by atoms with van der Waals surface area (Å²) in [5, 5.41) is 9.58. The third-order valence-corrected chi connectivity index (χ3v) is 10.2. The minimum absolute atomic E-state index is 0.000443. The summed E-state index contributed by atoms with van der Waals surface area (Å²) in [5.41, 5.74) is -1.59. The molecule has 0 radical (unpaired) electrons. The molecule has 2 aliphatic carbocycles. The number of aliphatic hydroxyl groups is 1. The van der Waals surface area contributed by atoms with Crippen LogP contribution in [0, 0.1) is 46.8 Å². The molecule has 1 aromatic carbocycles. The van der Waals surface area contributed by atoms with E-state index in [2.05, 4.69) is 0 Å². The Labute approximate surface area is 243 Å². The summed E-state index contributed by atoms with van der Waals surface area (Å²) in [7, 11) is 0. The molecule has 2 saturated heterocycles. The number of amides is 4. The van der Waals surface area contributed by atoms with Gasteiger partial charge in [0.1, 0.15) is 23.8 Å². The van der Waals surface area contributed by atoms with E-state index in [1.54, 1.807) is 13.0 Å². The molecule has 1 aromatic heterocycles. The first kappa shape index (κ1) is 28.8. The maximum Gasteiger partial charge on any atom is 0.258 e. The number of nitrogens with zero attached hydrogens (tertiary/aromatic N) is 2. The Morgan fingerprint density at radius 3 is 2.12 bits per heavy atom. The normalized spacial score (nSPS) is 32.4. The molecule has 6 unspecified atom stereocenters. The number of hydrogen-bond acceptors (Lipinski definition) is 6. The molecule has 2 aliphatic heterocycles. The average Bonchev–Trinajstić information content (AvgIpc) is 3.58. The first-order valence-corrected chi connectivity index (χ1v) is 13.5. The van der Waals surface area contributed by atoms with Crippen LogP contribution in [-0.2, 0) is 25.8 Å². The SMILES string of the molecule is CCN1C(=O)C2CC=C3C(CC4(Cl)C(=O)N(c5c(F)c(F)c(F)c(F)c5F)C(=O)C4(Cl)C3c3ccc(CO)o3)C2C1=O.